The Morgan fingerprint density at radius 2 is 1.85 bits per heavy atom. The van der Waals surface area contributed by atoms with Gasteiger partial charge in [0.2, 0.25) is 0 Å². The SMILES string of the molecule is O=C(OCn1nnc2ccccc2c1=O)c1cc(-c2ccccc2)n[nH]1. The van der Waals surface area contributed by atoms with Crippen LogP contribution in [0.15, 0.2) is 65.5 Å². The van der Waals surface area contributed by atoms with E-state index in [2.05, 4.69) is 20.5 Å². The lowest BCUT2D eigenvalue weighted by atomic mass is 10.1. The van der Waals surface area contributed by atoms with Gasteiger partial charge in [0.15, 0.2) is 6.73 Å². The van der Waals surface area contributed by atoms with Crippen LogP contribution >= 0.6 is 0 Å². The first-order chi connectivity index (χ1) is 12.7. The Morgan fingerprint density at radius 3 is 2.69 bits per heavy atom. The molecule has 0 unspecified atom stereocenters. The molecule has 4 aromatic rings. The average Bonchev–Trinajstić information content (AvgIpc) is 3.18. The predicted molar refractivity (Wildman–Crippen MR) is 93.2 cm³/mol. The van der Waals surface area contributed by atoms with Gasteiger partial charge in [0.05, 0.1) is 11.1 Å². The highest BCUT2D eigenvalue weighted by molar-refractivity contribution is 5.88. The van der Waals surface area contributed by atoms with Gasteiger partial charge < -0.3 is 4.74 Å². The topological polar surface area (TPSA) is 103 Å². The molecule has 8 heteroatoms. The number of rotatable bonds is 4. The summed E-state index contributed by atoms with van der Waals surface area (Å²) in [5, 5.41) is 14.9. The lowest BCUT2D eigenvalue weighted by molar-refractivity contribution is 0.0329. The second-order valence-corrected chi connectivity index (χ2v) is 5.51. The fraction of sp³-hybridized carbons (Fsp3) is 0.0556. The van der Waals surface area contributed by atoms with Crippen LogP contribution < -0.4 is 5.56 Å². The molecule has 8 nitrogen and oxygen atoms in total. The zero-order valence-electron chi connectivity index (χ0n) is 13.5. The number of hydrogen-bond donors (Lipinski definition) is 1. The van der Waals surface area contributed by atoms with Crippen LogP contribution in [0.25, 0.3) is 22.2 Å². The van der Waals surface area contributed by atoms with E-state index >= 15 is 0 Å². The van der Waals surface area contributed by atoms with Gasteiger partial charge >= 0.3 is 5.97 Å². The van der Waals surface area contributed by atoms with Gasteiger partial charge in [-0.3, -0.25) is 9.89 Å². The number of aromatic nitrogens is 5. The highest BCUT2D eigenvalue weighted by Crippen LogP contribution is 2.17. The molecule has 128 valence electrons. The maximum Gasteiger partial charge on any atom is 0.358 e. The molecule has 0 fully saturated rings. The van der Waals surface area contributed by atoms with Crippen LogP contribution in [0.5, 0.6) is 0 Å². The molecular formula is C18H13N5O3. The number of ether oxygens (including phenoxy) is 1. The minimum atomic E-state index is -0.637. The summed E-state index contributed by atoms with van der Waals surface area (Å²) in [6.45, 7) is -0.338. The van der Waals surface area contributed by atoms with E-state index in [0.29, 0.717) is 16.6 Å². The van der Waals surface area contributed by atoms with E-state index in [1.54, 1.807) is 30.3 Å². The molecule has 2 aromatic carbocycles. The van der Waals surface area contributed by atoms with E-state index in [1.807, 2.05) is 30.3 Å². The van der Waals surface area contributed by atoms with Gasteiger partial charge in [-0.25, -0.2) is 4.79 Å². The van der Waals surface area contributed by atoms with Crippen molar-refractivity contribution in [3.63, 3.8) is 0 Å². The van der Waals surface area contributed by atoms with Crippen LogP contribution in [0.1, 0.15) is 10.5 Å². The molecule has 0 atom stereocenters. The Bertz CT molecular complexity index is 1130. The molecular weight excluding hydrogens is 334 g/mol. The van der Waals surface area contributed by atoms with Crippen molar-refractivity contribution in [2.45, 2.75) is 6.73 Å². The minimum Gasteiger partial charge on any atom is -0.437 e. The van der Waals surface area contributed by atoms with Crippen molar-refractivity contribution >= 4 is 16.9 Å². The molecule has 0 amide bonds. The van der Waals surface area contributed by atoms with Crippen LogP contribution in [0, 0.1) is 0 Å². The zero-order valence-corrected chi connectivity index (χ0v) is 13.5. The van der Waals surface area contributed by atoms with Crippen molar-refractivity contribution in [1.82, 2.24) is 25.2 Å². The van der Waals surface area contributed by atoms with Gasteiger partial charge in [-0.05, 0) is 18.2 Å². The van der Waals surface area contributed by atoms with E-state index in [4.69, 9.17) is 4.74 Å². The minimum absolute atomic E-state index is 0.186. The summed E-state index contributed by atoms with van der Waals surface area (Å²) in [6, 6.07) is 17.9. The Kier molecular flexibility index (Phi) is 3.98. The molecule has 0 spiro atoms. The number of nitrogens with one attached hydrogen (secondary N) is 1. The van der Waals surface area contributed by atoms with Crippen LogP contribution in [0.4, 0.5) is 0 Å². The summed E-state index contributed by atoms with van der Waals surface area (Å²) in [7, 11) is 0. The second kappa shape index (κ2) is 6.60. The van der Waals surface area contributed by atoms with Crippen LogP contribution in [0.3, 0.4) is 0 Å². The van der Waals surface area contributed by atoms with Gasteiger partial charge in [0, 0.05) is 5.56 Å². The molecule has 0 saturated carbocycles. The smallest absolute Gasteiger partial charge is 0.358 e. The lowest BCUT2D eigenvalue weighted by Gasteiger charge is -2.05. The third-order valence-corrected chi connectivity index (χ3v) is 3.81. The second-order valence-electron chi connectivity index (χ2n) is 5.51. The zero-order chi connectivity index (χ0) is 17.9. The summed E-state index contributed by atoms with van der Waals surface area (Å²) < 4.78 is 6.14. The molecule has 0 aliphatic heterocycles. The van der Waals surface area contributed by atoms with Crippen molar-refractivity contribution in [1.29, 1.82) is 0 Å². The molecule has 0 aliphatic rings. The van der Waals surface area contributed by atoms with E-state index < -0.39 is 5.97 Å². The maximum absolute atomic E-state index is 12.3. The van der Waals surface area contributed by atoms with E-state index in [0.717, 1.165) is 10.2 Å². The lowest BCUT2D eigenvalue weighted by Crippen LogP contribution is -2.26. The van der Waals surface area contributed by atoms with Crippen molar-refractivity contribution in [3.05, 3.63) is 76.7 Å². The summed E-state index contributed by atoms with van der Waals surface area (Å²) >= 11 is 0. The first-order valence-corrected chi connectivity index (χ1v) is 7.83. The summed E-state index contributed by atoms with van der Waals surface area (Å²) in [5.74, 6) is -0.637. The van der Waals surface area contributed by atoms with E-state index in [9.17, 15) is 9.59 Å². The van der Waals surface area contributed by atoms with Crippen molar-refractivity contribution in [2.75, 3.05) is 0 Å². The number of nitrogens with zero attached hydrogens (tertiary/aromatic N) is 4. The fourth-order valence-corrected chi connectivity index (χ4v) is 2.49. The molecule has 4 rings (SSSR count). The Balaban J connectivity index is 1.50. The van der Waals surface area contributed by atoms with Crippen LogP contribution in [-0.2, 0) is 11.5 Å². The summed E-state index contributed by atoms with van der Waals surface area (Å²) in [5.41, 5.74) is 1.80. The molecule has 0 aliphatic carbocycles. The number of carbonyl (C=O) groups excluding carboxylic acids is 1. The van der Waals surface area contributed by atoms with E-state index in [-0.39, 0.29) is 18.0 Å². The number of H-pyrrole nitrogens is 1. The Labute approximate surface area is 147 Å². The van der Waals surface area contributed by atoms with Crippen molar-refractivity contribution in [3.8, 4) is 11.3 Å². The molecule has 2 aromatic heterocycles. The fourth-order valence-electron chi connectivity index (χ4n) is 2.49. The highest BCUT2D eigenvalue weighted by atomic mass is 16.5. The highest BCUT2D eigenvalue weighted by Gasteiger charge is 2.13. The maximum atomic E-state index is 12.3. The number of fused-ring (bicyclic) bond motifs is 1. The monoisotopic (exact) mass is 347 g/mol. The average molecular weight is 347 g/mol. The largest absolute Gasteiger partial charge is 0.437 e. The van der Waals surface area contributed by atoms with Crippen LogP contribution in [-0.4, -0.2) is 31.2 Å². The Morgan fingerprint density at radius 1 is 1.08 bits per heavy atom. The number of carbonyl (C=O) groups is 1. The third-order valence-electron chi connectivity index (χ3n) is 3.81. The third kappa shape index (κ3) is 2.95. The predicted octanol–water partition coefficient (Wildman–Crippen LogP) is 2.00. The standard InChI is InChI=1S/C18H13N5O3/c24-17-13-8-4-5-9-14(13)21-22-23(17)11-26-18(25)16-10-15(19-20-16)12-6-2-1-3-7-12/h1-10H,11H2,(H,19,20). The molecule has 1 N–H and O–H groups in total. The van der Waals surface area contributed by atoms with Crippen LogP contribution in [0.2, 0.25) is 0 Å². The first-order valence-electron chi connectivity index (χ1n) is 7.83. The number of aromatic amines is 1. The normalized spacial score (nSPS) is 10.8. The van der Waals surface area contributed by atoms with Gasteiger partial charge in [-0.1, -0.05) is 47.7 Å². The number of esters is 1. The summed E-state index contributed by atoms with van der Waals surface area (Å²) in [4.78, 5) is 24.5. The number of benzene rings is 2. The number of hydrogen-bond acceptors (Lipinski definition) is 6. The molecule has 0 saturated heterocycles. The molecule has 26 heavy (non-hydrogen) atoms. The van der Waals surface area contributed by atoms with Gasteiger partial charge in [0.25, 0.3) is 5.56 Å². The Hall–Kier alpha value is -3.81. The summed E-state index contributed by atoms with van der Waals surface area (Å²) in [6.07, 6.45) is 0. The van der Waals surface area contributed by atoms with Gasteiger partial charge in [0.1, 0.15) is 11.2 Å². The first kappa shape index (κ1) is 15.7. The molecule has 2 heterocycles. The molecule has 0 bridgehead atoms. The van der Waals surface area contributed by atoms with Crippen molar-refractivity contribution in [2.24, 2.45) is 0 Å². The quantitative estimate of drug-likeness (QED) is 0.566. The van der Waals surface area contributed by atoms with Crippen molar-refractivity contribution < 1.29 is 9.53 Å². The van der Waals surface area contributed by atoms with Gasteiger partial charge in [-0.2, -0.15) is 9.78 Å². The molecule has 0 radical (unpaired) electrons. The van der Waals surface area contributed by atoms with E-state index in [1.165, 1.54) is 0 Å². The van der Waals surface area contributed by atoms with Gasteiger partial charge in [-0.15, -0.1) is 5.10 Å².